The average Bonchev–Trinajstić information content (AvgIpc) is 2.38. The predicted octanol–water partition coefficient (Wildman–Crippen LogP) is 2.50. The molecule has 1 fully saturated rings. The van der Waals surface area contributed by atoms with E-state index in [1.54, 1.807) is 0 Å². The van der Waals surface area contributed by atoms with Crippen molar-refractivity contribution >= 4 is 5.69 Å². The predicted molar refractivity (Wildman–Crippen MR) is 87.3 cm³/mol. The highest BCUT2D eigenvalue weighted by Gasteiger charge is 2.26. The number of piperazine rings is 1. The van der Waals surface area contributed by atoms with Crippen LogP contribution in [0.15, 0.2) is 24.3 Å². The molecule has 1 atom stereocenters. The summed E-state index contributed by atoms with van der Waals surface area (Å²) in [6.07, 6.45) is 0.954. The second-order valence-corrected chi connectivity index (χ2v) is 6.96. The number of hydrogen-bond acceptors (Lipinski definition) is 3. The van der Waals surface area contributed by atoms with Crippen LogP contribution in [0.5, 0.6) is 0 Å². The summed E-state index contributed by atoms with van der Waals surface area (Å²) in [5, 5.41) is 0. The summed E-state index contributed by atoms with van der Waals surface area (Å²) in [5.41, 5.74) is 9.01. The standard InChI is InChI=1S/C17H29N3/c1-14(18)13-15-7-5-6-8-16(15)19-9-11-20(12-10-19)17(2,3)4/h5-8,14H,9-13,18H2,1-4H3. The van der Waals surface area contributed by atoms with E-state index in [1.165, 1.54) is 11.3 Å². The van der Waals surface area contributed by atoms with Gasteiger partial charge in [0.05, 0.1) is 0 Å². The van der Waals surface area contributed by atoms with Crippen molar-refractivity contribution in [2.24, 2.45) is 5.73 Å². The summed E-state index contributed by atoms with van der Waals surface area (Å²) in [5.74, 6) is 0. The molecule has 2 N–H and O–H groups in total. The lowest BCUT2D eigenvalue weighted by Gasteiger charge is -2.43. The molecule has 1 aliphatic rings. The van der Waals surface area contributed by atoms with Gasteiger partial charge in [-0.25, -0.2) is 0 Å². The molecule has 0 bridgehead atoms. The summed E-state index contributed by atoms with van der Waals surface area (Å²) in [6, 6.07) is 8.93. The smallest absolute Gasteiger partial charge is 0.0400 e. The van der Waals surface area contributed by atoms with Gasteiger partial charge in [0, 0.05) is 43.4 Å². The van der Waals surface area contributed by atoms with Crippen molar-refractivity contribution in [3.8, 4) is 0 Å². The van der Waals surface area contributed by atoms with Gasteiger partial charge in [-0.15, -0.1) is 0 Å². The molecular weight excluding hydrogens is 246 g/mol. The fourth-order valence-corrected chi connectivity index (χ4v) is 2.96. The molecule has 3 nitrogen and oxygen atoms in total. The Morgan fingerprint density at radius 1 is 1.10 bits per heavy atom. The van der Waals surface area contributed by atoms with Crippen LogP contribution in [0.2, 0.25) is 0 Å². The molecule has 1 heterocycles. The third kappa shape index (κ3) is 3.74. The van der Waals surface area contributed by atoms with Crippen LogP contribution in [-0.4, -0.2) is 42.7 Å². The summed E-state index contributed by atoms with van der Waals surface area (Å²) < 4.78 is 0. The van der Waals surface area contributed by atoms with Crippen LogP contribution >= 0.6 is 0 Å². The second kappa shape index (κ2) is 6.15. The molecule has 1 aliphatic heterocycles. The molecule has 2 rings (SSSR count). The lowest BCUT2D eigenvalue weighted by Crippen LogP contribution is -2.53. The van der Waals surface area contributed by atoms with E-state index in [-0.39, 0.29) is 11.6 Å². The Bertz CT molecular complexity index is 426. The molecular formula is C17H29N3. The maximum atomic E-state index is 5.98. The Morgan fingerprint density at radius 3 is 2.25 bits per heavy atom. The first-order valence-corrected chi connectivity index (χ1v) is 7.71. The Kier molecular flexibility index (Phi) is 4.71. The van der Waals surface area contributed by atoms with E-state index in [1.807, 2.05) is 0 Å². The Labute approximate surface area is 123 Å². The lowest BCUT2D eigenvalue weighted by molar-refractivity contribution is 0.128. The molecule has 0 aliphatic carbocycles. The normalized spacial score (nSPS) is 19.1. The second-order valence-electron chi connectivity index (χ2n) is 6.96. The van der Waals surface area contributed by atoms with E-state index >= 15 is 0 Å². The van der Waals surface area contributed by atoms with Gasteiger partial charge in [0.2, 0.25) is 0 Å². The van der Waals surface area contributed by atoms with Gasteiger partial charge in [-0.3, -0.25) is 4.90 Å². The molecule has 1 aromatic rings. The van der Waals surface area contributed by atoms with Crippen LogP contribution < -0.4 is 10.6 Å². The summed E-state index contributed by atoms with van der Waals surface area (Å²) in [7, 11) is 0. The molecule has 1 saturated heterocycles. The van der Waals surface area contributed by atoms with Crippen LogP contribution in [0.4, 0.5) is 5.69 Å². The van der Waals surface area contributed by atoms with Gasteiger partial charge in [-0.2, -0.15) is 0 Å². The maximum absolute atomic E-state index is 5.98. The summed E-state index contributed by atoms with van der Waals surface area (Å²) >= 11 is 0. The fourth-order valence-electron chi connectivity index (χ4n) is 2.96. The Balaban J connectivity index is 2.07. The van der Waals surface area contributed by atoms with E-state index in [4.69, 9.17) is 5.73 Å². The number of hydrogen-bond donors (Lipinski definition) is 1. The first kappa shape index (κ1) is 15.3. The fraction of sp³-hybridized carbons (Fsp3) is 0.647. The van der Waals surface area contributed by atoms with Crippen molar-refractivity contribution in [3.05, 3.63) is 29.8 Å². The van der Waals surface area contributed by atoms with E-state index in [2.05, 4.69) is 61.8 Å². The van der Waals surface area contributed by atoms with Gasteiger partial charge < -0.3 is 10.6 Å². The lowest BCUT2D eigenvalue weighted by atomic mass is 10.0. The van der Waals surface area contributed by atoms with Crippen LogP contribution in [0, 0.1) is 0 Å². The van der Waals surface area contributed by atoms with Crippen LogP contribution in [-0.2, 0) is 6.42 Å². The number of anilines is 1. The monoisotopic (exact) mass is 275 g/mol. The number of nitrogens with two attached hydrogens (primary N) is 1. The van der Waals surface area contributed by atoms with E-state index < -0.39 is 0 Å². The number of rotatable bonds is 3. The molecule has 1 unspecified atom stereocenters. The number of nitrogens with zero attached hydrogens (tertiary/aromatic N) is 2. The van der Waals surface area contributed by atoms with Gasteiger partial charge >= 0.3 is 0 Å². The largest absolute Gasteiger partial charge is 0.369 e. The van der Waals surface area contributed by atoms with E-state index in [9.17, 15) is 0 Å². The van der Waals surface area contributed by atoms with Gasteiger partial charge in [-0.1, -0.05) is 18.2 Å². The zero-order chi connectivity index (χ0) is 14.8. The SMILES string of the molecule is CC(N)Cc1ccccc1N1CCN(C(C)(C)C)CC1. The molecule has 0 saturated carbocycles. The molecule has 0 spiro atoms. The highest BCUT2D eigenvalue weighted by molar-refractivity contribution is 5.54. The van der Waals surface area contributed by atoms with Crippen LogP contribution in [0.3, 0.4) is 0 Å². The van der Waals surface area contributed by atoms with Gasteiger partial charge in [-0.05, 0) is 45.7 Å². The van der Waals surface area contributed by atoms with Gasteiger partial charge in [0.15, 0.2) is 0 Å². The average molecular weight is 275 g/mol. The quantitative estimate of drug-likeness (QED) is 0.920. The zero-order valence-electron chi connectivity index (χ0n) is 13.4. The minimum absolute atomic E-state index is 0.215. The third-order valence-corrected chi connectivity index (χ3v) is 4.10. The van der Waals surface area contributed by atoms with Gasteiger partial charge in [0.1, 0.15) is 0 Å². The van der Waals surface area contributed by atoms with Crippen LogP contribution in [0.25, 0.3) is 0 Å². The zero-order valence-corrected chi connectivity index (χ0v) is 13.4. The first-order valence-electron chi connectivity index (χ1n) is 7.71. The van der Waals surface area contributed by atoms with Crippen molar-refractivity contribution in [1.29, 1.82) is 0 Å². The maximum Gasteiger partial charge on any atom is 0.0400 e. The summed E-state index contributed by atoms with van der Waals surface area (Å²) in [4.78, 5) is 5.08. The molecule has 0 aromatic heterocycles. The van der Waals surface area contributed by atoms with Crippen LogP contribution in [0.1, 0.15) is 33.3 Å². The molecule has 3 heteroatoms. The molecule has 20 heavy (non-hydrogen) atoms. The Morgan fingerprint density at radius 2 is 1.70 bits per heavy atom. The highest BCUT2D eigenvalue weighted by Crippen LogP contribution is 2.24. The molecule has 0 radical (unpaired) electrons. The van der Waals surface area contributed by atoms with Crippen molar-refractivity contribution in [2.45, 2.75) is 45.7 Å². The van der Waals surface area contributed by atoms with Crippen molar-refractivity contribution < 1.29 is 0 Å². The number of benzene rings is 1. The summed E-state index contributed by atoms with van der Waals surface area (Å²) in [6.45, 7) is 13.5. The van der Waals surface area contributed by atoms with Crippen molar-refractivity contribution in [3.63, 3.8) is 0 Å². The van der Waals surface area contributed by atoms with Crippen molar-refractivity contribution in [1.82, 2.24) is 4.90 Å². The highest BCUT2D eigenvalue weighted by atomic mass is 15.3. The molecule has 1 aromatic carbocycles. The number of para-hydroxylation sites is 1. The molecule has 0 amide bonds. The topological polar surface area (TPSA) is 32.5 Å². The van der Waals surface area contributed by atoms with E-state index in [0.29, 0.717) is 0 Å². The minimum Gasteiger partial charge on any atom is -0.369 e. The third-order valence-electron chi connectivity index (χ3n) is 4.10. The molecule has 112 valence electrons. The van der Waals surface area contributed by atoms with Crippen molar-refractivity contribution in [2.75, 3.05) is 31.1 Å². The minimum atomic E-state index is 0.215. The Hall–Kier alpha value is -1.06. The first-order chi connectivity index (χ1) is 9.38. The van der Waals surface area contributed by atoms with E-state index in [0.717, 1.165) is 32.6 Å². The van der Waals surface area contributed by atoms with Gasteiger partial charge in [0.25, 0.3) is 0 Å².